The zero-order valence-corrected chi connectivity index (χ0v) is 26.5. The summed E-state index contributed by atoms with van der Waals surface area (Å²) in [7, 11) is 0. The van der Waals surface area contributed by atoms with E-state index in [-0.39, 0.29) is 0 Å². The second-order valence-electron chi connectivity index (χ2n) is 12.3. The maximum Gasteiger partial charge on any atom is 0.164 e. The predicted molar refractivity (Wildman–Crippen MR) is 196 cm³/mol. The number of benzene rings is 7. The molecule has 0 unspecified atom stereocenters. The van der Waals surface area contributed by atoms with E-state index in [9.17, 15) is 5.26 Å². The number of rotatable bonds is 5. The average molecular weight is 625 g/mol. The number of hydrogen-bond donors (Lipinski definition) is 0. The smallest absolute Gasteiger partial charge is 0.164 e. The Labute approximate surface area is 284 Å². The number of aromatic nitrogens is 3. The lowest BCUT2D eigenvalue weighted by atomic mass is 9.67. The third kappa shape index (κ3) is 4.48. The van der Waals surface area contributed by atoms with Crippen LogP contribution < -0.4 is 0 Å². The molecule has 49 heavy (non-hydrogen) atoms. The summed E-state index contributed by atoms with van der Waals surface area (Å²) in [5.74, 6) is 1.84. The fourth-order valence-corrected chi connectivity index (χ4v) is 7.51. The zero-order valence-electron chi connectivity index (χ0n) is 26.5. The number of hydrogen-bond acceptors (Lipinski definition) is 4. The molecule has 1 aliphatic rings. The Morgan fingerprint density at radius 2 is 0.898 bits per heavy atom. The van der Waals surface area contributed by atoms with Crippen LogP contribution in [0.15, 0.2) is 170 Å². The Hall–Kier alpha value is -6.70. The van der Waals surface area contributed by atoms with Crippen molar-refractivity contribution in [1.82, 2.24) is 15.0 Å². The molecule has 4 heteroatoms. The molecule has 8 aromatic rings. The van der Waals surface area contributed by atoms with Crippen LogP contribution in [0.5, 0.6) is 0 Å². The third-order valence-corrected chi connectivity index (χ3v) is 9.63. The van der Waals surface area contributed by atoms with Crippen LogP contribution in [0.1, 0.15) is 27.8 Å². The van der Waals surface area contributed by atoms with Gasteiger partial charge in [-0.3, -0.25) is 0 Å². The van der Waals surface area contributed by atoms with E-state index in [2.05, 4.69) is 103 Å². The monoisotopic (exact) mass is 624 g/mol. The number of nitrogens with zero attached hydrogens (tertiary/aromatic N) is 4. The van der Waals surface area contributed by atoms with E-state index in [0.29, 0.717) is 23.0 Å². The molecule has 1 heterocycles. The van der Waals surface area contributed by atoms with Gasteiger partial charge in [-0.2, -0.15) is 5.26 Å². The first kappa shape index (κ1) is 28.5. The van der Waals surface area contributed by atoms with Gasteiger partial charge in [0.25, 0.3) is 0 Å². The van der Waals surface area contributed by atoms with Crippen LogP contribution in [-0.4, -0.2) is 15.0 Å². The molecule has 0 aliphatic heterocycles. The molecule has 0 saturated carbocycles. The zero-order chi connectivity index (χ0) is 32.8. The minimum Gasteiger partial charge on any atom is -0.208 e. The maximum absolute atomic E-state index is 10.5. The lowest BCUT2D eigenvalue weighted by Gasteiger charge is -2.34. The van der Waals surface area contributed by atoms with Gasteiger partial charge in [0.1, 0.15) is 0 Å². The fraction of sp³-hybridized carbons (Fsp3) is 0.0222. The molecule has 0 atom stereocenters. The lowest BCUT2D eigenvalue weighted by molar-refractivity contribution is 0.769. The van der Waals surface area contributed by atoms with Crippen molar-refractivity contribution in [1.29, 1.82) is 5.26 Å². The van der Waals surface area contributed by atoms with Gasteiger partial charge in [-0.1, -0.05) is 158 Å². The Morgan fingerprint density at radius 1 is 0.429 bits per heavy atom. The molecule has 0 radical (unpaired) electrons. The van der Waals surface area contributed by atoms with E-state index in [1.807, 2.05) is 72.8 Å². The van der Waals surface area contributed by atoms with Gasteiger partial charge >= 0.3 is 0 Å². The Balaban J connectivity index is 1.38. The van der Waals surface area contributed by atoms with Gasteiger partial charge in [-0.25, -0.2) is 15.0 Å². The van der Waals surface area contributed by atoms with Crippen LogP contribution in [0.2, 0.25) is 0 Å². The Kier molecular flexibility index (Phi) is 6.71. The SMILES string of the molecule is N#Cc1cc2c(c3ccccc13)-c1ccc(-c3nc(-c4ccccc4)nc(-c4ccccc4)n3)cc1C2(c1ccccc1)c1ccccc1. The second kappa shape index (κ2) is 11.5. The molecule has 0 amide bonds. The van der Waals surface area contributed by atoms with Gasteiger partial charge in [0.15, 0.2) is 17.5 Å². The van der Waals surface area contributed by atoms with Crippen molar-refractivity contribution in [3.05, 3.63) is 198 Å². The predicted octanol–water partition coefficient (Wildman–Crippen LogP) is 10.3. The van der Waals surface area contributed by atoms with Crippen LogP contribution in [-0.2, 0) is 5.41 Å². The van der Waals surface area contributed by atoms with Gasteiger partial charge in [0.2, 0.25) is 0 Å². The van der Waals surface area contributed by atoms with Crippen LogP contribution in [0.3, 0.4) is 0 Å². The van der Waals surface area contributed by atoms with Crippen LogP contribution >= 0.6 is 0 Å². The van der Waals surface area contributed by atoms with E-state index >= 15 is 0 Å². The first-order valence-corrected chi connectivity index (χ1v) is 16.4. The summed E-state index contributed by atoms with van der Waals surface area (Å²) in [6, 6.07) is 60.9. The highest BCUT2D eigenvalue weighted by molar-refractivity contribution is 6.06. The summed E-state index contributed by atoms with van der Waals surface area (Å²) in [4.78, 5) is 15.1. The summed E-state index contributed by atoms with van der Waals surface area (Å²) in [5, 5.41) is 12.5. The van der Waals surface area contributed by atoms with Crippen molar-refractivity contribution >= 4 is 10.8 Å². The quantitative estimate of drug-likeness (QED) is 0.191. The first-order chi connectivity index (χ1) is 24.3. The molecule has 1 aliphatic carbocycles. The molecule has 7 aromatic carbocycles. The summed E-state index contributed by atoms with van der Waals surface area (Å²) in [6.45, 7) is 0. The van der Waals surface area contributed by atoms with Crippen molar-refractivity contribution in [3.8, 4) is 51.4 Å². The van der Waals surface area contributed by atoms with E-state index in [1.54, 1.807) is 0 Å². The fourth-order valence-electron chi connectivity index (χ4n) is 7.51. The van der Waals surface area contributed by atoms with Gasteiger partial charge in [0, 0.05) is 22.1 Å². The summed E-state index contributed by atoms with van der Waals surface area (Å²) in [5.41, 5.74) is 9.47. The molecule has 4 nitrogen and oxygen atoms in total. The highest BCUT2D eigenvalue weighted by Gasteiger charge is 2.47. The highest BCUT2D eigenvalue weighted by Crippen LogP contribution is 2.58. The van der Waals surface area contributed by atoms with Gasteiger partial charge in [0.05, 0.1) is 17.0 Å². The highest BCUT2D eigenvalue weighted by atomic mass is 15.0. The Morgan fingerprint density at radius 3 is 1.43 bits per heavy atom. The van der Waals surface area contributed by atoms with Crippen LogP contribution in [0.25, 0.3) is 56.1 Å². The van der Waals surface area contributed by atoms with E-state index in [1.165, 1.54) is 0 Å². The summed E-state index contributed by atoms with van der Waals surface area (Å²) in [6.07, 6.45) is 0. The summed E-state index contributed by atoms with van der Waals surface area (Å²) >= 11 is 0. The average Bonchev–Trinajstić information content (AvgIpc) is 3.49. The molecule has 0 N–H and O–H groups in total. The van der Waals surface area contributed by atoms with Gasteiger partial charge < -0.3 is 0 Å². The molecular formula is C45H28N4. The first-order valence-electron chi connectivity index (χ1n) is 16.4. The summed E-state index contributed by atoms with van der Waals surface area (Å²) < 4.78 is 0. The molecule has 9 rings (SSSR count). The molecular weight excluding hydrogens is 597 g/mol. The maximum atomic E-state index is 10.5. The molecule has 0 fully saturated rings. The third-order valence-electron chi connectivity index (χ3n) is 9.63. The van der Waals surface area contributed by atoms with Gasteiger partial charge in [-0.15, -0.1) is 0 Å². The van der Waals surface area contributed by atoms with E-state index in [0.717, 1.165) is 60.8 Å². The standard InChI is InChI=1S/C45H28N4/c46-29-33-28-40-41(37-24-14-13-23-36(33)37)38-26-25-32(27-39(38)45(40,34-19-9-3-10-20-34)35-21-11-4-12-22-35)44-48-42(30-15-5-1-6-16-30)47-43(49-44)31-17-7-2-8-18-31/h1-28H. The minimum absolute atomic E-state index is 0.601. The van der Waals surface area contributed by atoms with Crippen molar-refractivity contribution < 1.29 is 0 Å². The Bertz CT molecular complexity index is 2440. The molecule has 1 aromatic heterocycles. The van der Waals surface area contributed by atoms with Crippen LogP contribution in [0.4, 0.5) is 0 Å². The minimum atomic E-state index is -0.698. The largest absolute Gasteiger partial charge is 0.208 e. The number of fused-ring (bicyclic) bond motifs is 5. The molecule has 0 saturated heterocycles. The van der Waals surface area contributed by atoms with Crippen molar-refractivity contribution in [2.75, 3.05) is 0 Å². The van der Waals surface area contributed by atoms with E-state index in [4.69, 9.17) is 15.0 Å². The second-order valence-corrected chi connectivity index (χ2v) is 12.3. The van der Waals surface area contributed by atoms with Crippen molar-refractivity contribution in [3.63, 3.8) is 0 Å². The molecule has 0 spiro atoms. The lowest BCUT2D eigenvalue weighted by Crippen LogP contribution is -2.28. The van der Waals surface area contributed by atoms with E-state index < -0.39 is 5.41 Å². The normalized spacial score (nSPS) is 12.6. The molecule has 0 bridgehead atoms. The van der Waals surface area contributed by atoms with Crippen molar-refractivity contribution in [2.45, 2.75) is 5.41 Å². The number of nitriles is 1. The van der Waals surface area contributed by atoms with Crippen LogP contribution in [0, 0.1) is 11.3 Å². The topological polar surface area (TPSA) is 62.5 Å². The van der Waals surface area contributed by atoms with Gasteiger partial charge in [-0.05, 0) is 50.9 Å². The van der Waals surface area contributed by atoms with Crippen molar-refractivity contribution in [2.24, 2.45) is 0 Å². The molecule has 228 valence electrons.